The third kappa shape index (κ3) is 4.47. The molecule has 1 aromatic heterocycles. The van der Waals surface area contributed by atoms with Gasteiger partial charge in [-0.2, -0.15) is 0 Å². The summed E-state index contributed by atoms with van der Waals surface area (Å²) in [5.74, 6) is 0.388. The number of amides is 1. The molecule has 2 heterocycles. The summed E-state index contributed by atoms with van der Waals surface area (Å²) in [6, 6.07) is 3.76. The van der Waals surface area contributed by atoms with Gasteiger partial charge in [0.2, 0.25) is 5.91 Å². The van der Waals surface area contributed by atoms with Crippen molar-refractivity contribution in [3.63, 3.8) is 0 Å². The van der Waals surface area contributed by atoms with Crippen molar-refractivity contribution >= 4 is 17.7 Å². The molecule has 1 aromatic rings. The zero-order valence-corrected chi connectivity index (χ0v) is 12.4. The molecule has 1 N–H and O–H groups in total. The van der Waals surface area contributed by atoms with Gasteiger partial charge in [0, 0.05) is 56.9 Å². The first-order valence-corrected chi connectivity index (χ1v) is 7.65. The second kappa shape index (κ2) is 7.06. The largest absolute Gasteiger partial charge is 0.388 e. The Morgan fingerprint density at radius 2 is 2.10 bits per heavy atom. The predicted molar refractivity (Wildman–Crippen MR) is 77.6 cm³/mol. The molecule has 0 spiro atoms. The monoisotopic (exact) mass is 296 g/mol. The van der Waals surface area contributed by atoms with Crippen molar-refractivity contribution in [1.29, 1.82) is 0 Å². The topological polar surface area (TPSA) is 62.7 Å². The van der Waals surface area contributed by atoms with Gasteiger partial charge < -0.3 is 14.7 Å². The van der Waals surface area contributed by atoms with Crippen molar-refractivity contribution in [2.24, 2.45) is 0 Å². The van der Waals surface area contributed by atoms with Crippen LogP contribution in [-0.2, 0) is 9.53 Å². The number of pyridine rings is 1. The van der Waals surface area contributed by atoms with E-state index in [9.17, 15) is 9.90 Å². The number of nitrogens with zero attached hydrogens (tertiary/aromatic N) is 2. The molecule has 0 saturated carbocycles. The highest BCUT2D eigenvalue weighted by atomic mass is 32.2. The van der Waals surface area contributed by atoms with Crippen molar-refractivity contribution in [3.05, 3.63) is 24.5 Å². The third-order valence-corrected chi connectivity index (χ3v) is 4.39. The summed E-state index contributed by atoms with van der Waals surface area (Å²) in [6.07, 6.45) is 4.59. The molecule has 1 saturated heterocycles. The van der Waals surface area contributed by atoms with E-state index < -0.39 is 5.60 Å². The standard InChI is InChI=1S/C14H20N2O3S/c1-16(11-14(18)4-8-19-9-5-14)13(17)10-20-12-2-6-15-7-3-12/h2-3,6-7,18H,4-5,8-11H2,1H3. The lowest BCUT2D eigenvalue weighted by Crippen LogP contribution is -2.47. The maximum Gasteiger partial charge on any atom is 0.232 e. The van der Waals surface area contributed by atoms with Gasteiger partial charge >= 0.3 is 0 Å². The van der Waals surface area contributed by atoms with Gasteiger partial charge in [0.25, 0.3) is 0 Å². The number of ether oxygens (including phenoxy) is 1. The smallest absolute Gasteiger partial charge is 0.232 e. The third-order valence-electron chi connectivity index (χ3n) is 3.39. The van der Waals surface area contributed by atoms with Gasteiger partial charge in [-0.1, -0.05) is 0 Å². The van der Waals surface area contributed by atoms with Crippen LogP contribution in [0.2, 0.25) is 0 Å². The minimum absolute atomic E-state index is 0.0201. The van der Waals surface area contributed by atoms with E-state index >= 15 is 0 Å². The molecule has 1 amide bonds. The Labute approximate surface area is 123 Å². The van der Waals surface area contributed by atoms with E-state index in [0.29, 0.717) is 38.4 Å². The minimum Gasteiger partial charge on any atom is -0.388 e. The van der Waals surface area contributed by atoms with Crippen LogP contribution in [0.15, 0.2) is 29.4 Å². The van der Waals surface area contributed by atoms with E-state index in [4.69, 9.17) is 4.74 Å². The molecule has 0 bridgehead atoms. The molecule has 1 fully saturated rings. The number of rotatable bonds is 5. The van der Waals surface area contributed by atoms with Gasteiger partial charge in [0.15, 0.2) is 0 Å². The van der Waals surface area contributed by atoms with Crippen molar-refractivity contribution in [1.82, 2.24) is 9.88 Å². The van der Waals surface area contributed by atoms with Gasteiger partial charge in [-0.25, -0.2) is 0 Å². The summed E-state index contributed by atoms with van der Waals surface area (Å²) in [5, 5.41) is 10.4. The first-order chi connectivity index (χ1) is 9.59. The molecule has 2 rings (SSSR count). The van der Waals surface area contributed by atoms with Gasteiger partial charge in [-0.15, -0.1) is 11.8 Å². The van der Waals surface area contributed by atoms with E-state index in [1.54, 1.807) is 24.3 Å². The summed E-state index contributed by atoms with van der Waals surface area (Å²) in [6.45, 7) is 1.49. The molecule has 1 aliphatic rings. The van der Waals surface area contributed by atoms with E-state index in [-0.39, 0.29) is 5.91 Å². The van der Waals surface area contributed by atoms with Gasteiger partial charge in [-0.3, -0.25) is 9.78 Å². The Bertz CT molecular complexity index is 435. The summed E-state index contributed by atoms with van der Waals surface area (Å²) in [7, 11) is 1.74. The highest BCUT2D eigenvalue weighted by molar-refractivity contribution is 8.00. The van der Waals surface area contributed by atoms with E-state index in [1.165, 1.54) is 11.8 Å². The summed E-state index contributed by atoms with van der Waals surface area (Å²) in [5.41, 5.74) is -0.802. The fourth-order valence-electron chi connectivity index (χ4n) is 2.13. The molecule has 1 aliphatic heterocycles. The van der Waals surface area contributed by atoms with Crippen LogP contribution < -0.4 is 0 Å². The molecule has 0 unspecified atom stereocenters. The average Bonchev–Trinajstić information content (AvgIpc) is 2.46. The molecular weight excluding hydrogens is 276 g/mol. The fraction of sp³-hybridized carbons (Fsp3) is 0.571. The van der Waals surface area contributed by atoms with Crippen molar-refractivity contribution in [2.75, 3.05) is 32.6 Å². The number of aliphatic hydroxyl groups is 1. The number of carbonyl (C=O) groups is 1. The van der Waals surface area contributed by atoms with Crippen LogP contribution in [0.4, 0.5) is 0 Å². The molecule has 6 heteroatoms. The first-order valence-electron chi connectivity index (χ1n) is 6.66. The number of hydrogen-bond donors (Lipinski definition) is 1. The van der Waals surface area contributed by atoms with Crippen molar-refractivity contribution in [2.45, 2.75) is 23.3 Å². The first kappa shape index (κ1) is 15.3. The lowest BCUT2D eigenvalue weighted by Gasteiger charge is -2.35. The molecule has 0 aromatic carbocycles. The molecule has 0 atom stereocenters. The quantitative estimate of drug-likeness (QED) is 0.827. The number of carbonyl (C=O) groups excluding carboxylic acids is 1. The highest BCUT2D eigenvalue weighted by Gasteiger charge is 2.32. The predicted octanol–water partition coefficient (Wildman–Crippen LogP) is 1.17. The fourth-order valence-corrected chi connectivity index (χ4v) is 2.95. The van der Waals surface area contributed by atoms with Crippen molar-refractivity contribution < 1.29 is 14.6 Å². The molecular formula is C14H20N2O3S. The highest BCUT2D eigenvalue weighted by Crippen LogP contribution is 2.22. The van der Waals surface area contributed by atoms with E-state index in [0.717, 1.165) is 4.90 Å². The van der Waals surface area contributed by atoms with Crippen molar-refractivity contribution in [3.8, 4) is 0 Å². The Balaban J connectivity index is 1.79. The molecule has 0 aliphatic carbocycles. The second-order valence-electron chi connectivity index (χ2n) is 5.06. The number of aromatic nitrogens is 1. The summed E-state index contributed by atoms with van der Waals surface area (Å²) < 4.78 is 5.24. The molecule has 5 nitrogen and oxygen atoms in total. The van der Waals surface area contributed by atoms with Crippen LogP contribution in [0.1, 0.15) is 12.8 Å². The number of likely N-dealkylation sites (N-methyl/N-ethyl adjacent to an activating group) is 1. The number of thioether (sulfide) groups is 1. The van der Waals surface area contributed by atoms with Crippen LogP contribution in [0.3, 0.4) is 0 Å². The van der Waals surface area contributed by atoms with Gasteiger partial charge in [0.05, 0.1) is 11.4 Å². The Morgan fingerprint density at radius 1 is 1.45 bits per heavy atom. The Kier molecular flexibility index (Phi) is 5.39. The summed E-state index contributed by atoms with van der Waals surface area (Å²) >= 11 is 1.48. The van der Waals surface area contributed by atoms with E-state index in [1.807, 2.05) is 12.1 Å². The van der Waals surface area contributed by atoms with Gasteiger partial charge in [-0.05, 0) is 12.1 Å². The van der Waals surface area contributed by atoms with Crippen LogP contribution in [0.25, 0.3) is 0 Å². The normalized spacial score (nSPS) is 17.7. The summed E-state index contributed by atoms with van der Waals surface area (Å²) in [4.78, 5) is 18.7. The maximum absolute atomic E-state index is 12.1. The number of hydrogen-bond acceptors (Lipinski definition) is 5. The average molecular weight is 296 g/mol. The zero-order chi connectivity index (χ0) is 14.4. The lowest BCUT2D eigenvalue weighted by atomic mass is 9.94. The van der Waals surface area contributed by atoms with Crippen LogP contribution in [0, 0.1) is 0 Å². The zero-order valence-electron chi connectivity index (χ0n) is 11.6. The molecule has 110 valence electrons. The van der Waals surface area contributed by atoms with Gasteiger partial charge in [0.1, 0.15) is 0 Å². The van der Waals surface area contributed by atoms with Crippen LogP contribution in [0.5, 0.6) is 0 Å². The van der Waals surface area contributed by atoms with E-state index in [2.05, 4.69) is 4.98 Å². The lowest BCUT2D eigenvalue weighted by molar-refractivity contribution is -0.134. The van der Waals surface area contributed by atoms with Crippen LogP contribution >= 0.6 is 11.8 Å². The SMILES string of the molecule is CN(CC1(O)CCOCC1)C(=O)CSc1ccncc1. The second-order valence-corrected chi connectivity index (χ2v) is 6.11. The minimum atomic E-state index is -0.802. The Morgan fingerprint density at radius 3 is 2.75 bits per heavy atom. The molecule has 20 heavy (non-hydrogen) atoms. The van der Waals surface area contributed by atoms with Crippen LogP contribution in [-0.4, -0.2) is 59.1 Å². The Hall–Kier alpha value is -1.11. The molecule has 0 radical (unpaired) electrons. The maximum atomic E-state index is 12.1.